The second kappa shape index (κ2) is 9.82. The summed E-state index contributed by atoms with van der Waals surface area (Å²) >= 11 is 0. The van der Waals surface area contributed by atoms with Crippen molar-refractivity contribution in [3.63, 3.8) is 0 Å². The first-order valence-electron chi connectivity index (χ1n) is 15.1. The Kier molecular flexibility index (Phi) is 6.53. The molecule has 8 heteroatoms. The maximum absolute atomic E-state index is 13.7. The van der Waals surface area contributed by atoms with Crippen molar-refractivity contribution < 1.29 is 34.4 Å². The van der Waals surface area contributed by atoms with Crippen LogP contribution in [-0.2, 0) is 32.2 Å². The van der Waals surface area contributed by atoms with E-state index in [2.05, 4.69) is 6.92 Å². The number of carbonyl (C=O) groups excluding carboxylic acids is 2. The van der Waals surface area contributed by atoms with E-state index >= 15 is 0 Å². The van der Waals surface area contributed by atoms with E-state index in [1.807, 2.05) is 60.3 Å². The van der Waals surface area contributed by atoms with Crippen LogP contribution in [0.25, 0.3) is 0 Å². The van der Waals surface area contributed by atoms with Crippen molar-refractivity contribution in [1.29, 1.82) is 0 Å². The molecular formula is C34H39NO7. The molecule has 8 nitrogen and oxygen atoms in total. The number of fused-ring (bicyclic) bond motifs is 7. The van der Waals surface area contributed by atoms with E-state index in [1.54, 1.807) is 12.2 Å². The third-order valence-corrected chi connectivity index (χ3v) is 11.4. The summed E-state index contributed by atoms with van der Waals surface area (Å²) in [6.45, 7) is 4.11. The number of aliphatic hydroxyl groups excluding tert-OH is 3. The predicted molar refractivity (Wildman–Crippen MR) is 153 cm³/mol. The minimum atomic E-state index is -1.37. The average molecular weight is 574 g/mol. The van der Waals surface area contributed by atoms with Crippen LogP contribution in [0.5, 0.6) is 0 Å². The molecule has 2 aromatic rings. The van der Waals surface area contributed by atoms with Gasteiger partial charge in [0.15, 0.2) is 23.5 Å². The number of ketones is 2. The van der Waals surface area contributed by atoms with Gasteiger partial charge in [0.05, 0.1) is 18.8 Å². The molecule has 0 spiro atoms. The smallest absolute Gasteiger partial charge is 0.193 e. The molecule has 1 aliphatic heterocycles. The minimum Gasteiger partial charge on any atom is -0.393 e. The molecule has 0 radical (unpaired) electrons. The highest BCUT2D eigenvalue weighted by Gasteiger charge is 2.75. The molecule has 222 valence electrons. The van der Waals surface area contributed by atoms with Crippen molar-refractivity contribution in [2.75, 3.05) is 6.61 Å². The van der Waals surface area contributed by atoms with Gasteiger partial charge in [-0.15, -0.1) is 0 Å². The number of rotatable bonds is 6. The Morgan fingerprint density at radius 2 is 1.98 bits per heavy atom. The molecule has 0 bridgehead atoms. The van der Waals surface area contributed by atoms with Crippen LogP contribution >= 0.6 is 0 Å². The van der Waals surface area contributed by atoms with Gasteiger partial charge in [0.1, 0.15) is 6.61 Å². The van der Waals surface area contributed by atoms with E-state index in [-0.39, 0.29) is 30.1 Å². The molecule has 0 unspecified atom stereocenters. The lowest BCUT2D eigenvalue weighted by Gasteiger charge is -2.59. The lowest BCUT2D eigenvalue weighted by Crippen LogP contribution is -2.63. The number of nitrogens with zero attached hydrogens (tertiary/aromatic N) is 1. The number of carbonyl (C=O) groups is 2. The SMILES string of the molecule is C[C@]12C=CC(=O)C=C1CC[C@@H]1[C@@H]2[C@@H](O)C[C@@]2(C)[C@H]1C[C@H]1O[C@@H](c3ccn(Cc4cccc(CO)c4)c3)O[C@]12C(=O)CO. The first kappa shape index (κ1) is 27.9. The van der Waals surface area contributed by atoms with Gasteiger partial charge in [-0.25, -0.2) is 0 Å². The Morgan fingerprint density at radius 3 is 2.76 bits per heavy atom. The van der Waals surface area contributed by atoms with Crippen molar-refractivity contribution in [2.45, 2.75) is 76.8 Å². The van der Waals surface area contributed by atoms with Crippen molar-refractivity contribution in [2.24, 2.45) is 28.6 Å². The number of aliphatic hydroxyl groups is 3. The van der Waals surface area contributed by atoms with Gasteiger partial charge < -0.3 is 29.4 Å². The molecule has 2 heterocycles. The zero-order valence-corrected chi connectivity index (χ0v) is 24.1. The van der Waals surface area contributed by atoms with E-state index in [0.717, 1.165) is 35.1 Å². The molecule has 3 saturated carbocycles. The normalized spacial score (nSPS) is 40.2. The molecule has 42 heavy (non-hydrogen) atoms. The Bertz CT molecular complexity index is 1490. The summed E-state index contributed by atoms with van der Waals surface area (Å²) in [6.07, 6.45) is 9.78. The number of Topliss-reactive ketones (excluding diaryl/α,β-unsaturated/α-hetero) is 1. The number of hydrogen-bond acceptors (Lipinski definition) is 7. The van der Waals surface area contributed by atoms with Crippen LogP contribution in [0.3, 0.4) is 0 Å². The Labute approximate surface area is 245 Å². The second-order valence-electron chi connectivity index (χ2n) is 13.4. The van der Waals surface area contributed by atoms with Crippen molar-refractivity contribution in [3.8, 4) is 0 Å². The summed E-state index contributed by atoms with van der Waals surface area (Å²) in [5.41, 5.74) is 1.28. The number of aromatic nitrogens is 1. The molecule has 4 fully saturated rings. The van der Waals surface area contributed by atoms with Crippen molar-refractivity contribution in [3.05, 3.63) is 83.2 Å². The summed E-state index contributed by atoms with van der Waals surface area (Å²) in [4.78, 5) is 25.9. The zero-order chi connectivity index (χ0) is 29.4. The Hall–Kier alpha value is -2.88. The summed E-state index contributed by atoms with van der Waals surface area (Å²) in [5.74, 6) is -0.292. The van der Waals surface area contributed by atoms with Gasteiger partial charge in [-0.1, -0.05) is 49.8 Å². The third-order valence-electron chi connectivity index (χ3n) is 11.4. The summed E-state index contributed by atoms with van der Waals surface area (Å²) in [7, 11) is 0. The van der Waals surface area contributed by atoms with Gasteiger partial charge in [-0.05, 0) is 66.9 Å². The van der Waals surface area contributed by atoms with E-state index in [9.17, 15) is 24.9 Å². The van der Waals surface area contributed by atoms with Gasteiger partial charge in [-0.2, -0.15) is 0 Å². The number of allylic oxidation sites excluding steroid dienone is 4. The monoisotopic (exact) mass is 573 g/mol. The van der Waals surface area contributed by atoms with Crippen LogP contribution in [0.15, 0.2) is 66.5 Å². The van der Waals surface area contributed by atoms with Crippen LogP contribution in [0.1, 0.15) is 62.5 Å². The number of ether oxygens (including phenoxy) is 2. The van der Waals surface area contributed by atoms with Crippen LogP contribution in [0.4, 0.5) is 0 Å². The minimum absolute atomic E-state index is 0.000640. The molecule has 7 rings (SSSR count). The molecule has 1 saturated heterocycles. The van der Waals surface area contributed by atoms with E-state index < -0.39 is 47.3 Å². The van der Waals surface area contributed by atoms with E-state index in [0.29, 0.717) is 19.4 Å². The highest BCUT2D eigenvalue weighted by Crippen LogP contribution is 2.70. The highest BCUT2D eigenvalue weighted by atomic mass is 16.7. The standard InChI is InChI=1S/C34H39NO7/c1-32-10-8-24(38)13-23(32)6-7-25-26-14-29-34(28(40)19-37,33(26,2)15-27(39)30(25)32)42-31(41-29)22-9-11-35(17-22)16-20-4-3-5-21(12-20)18-36/h3-5,8-13,17,25-27,29-31,36-37,39H,6-7,14-16,18-19H2,1-2H3/t25-,26-,27-,29+,30+,31+,32-,33-,34+/m0/s1. The lowest BCUT2D eigenvalue weighted by molar-refractivity contribution is -0.201. The largest absolute Gasteiger partial charge is 0.393 e. The molecule has 1 aromatic carbocycles. The number of benzene rings is 1. The van der Waals surface area contributed by atoms with Gasteiger partial charge in [0, 0.05) is 41.2 Å². The molecule has 5 aliphatic rings. The molecular weight excluding hydrogens is 534 g/mol. The van der Waals surface area contributed by atoms with Crippen LogP contribution in [0.2, 0.25) is 0 Å². The summed E-state index contributed by atoms with van der Waals surface area (Å²) in [6, 6.07) is 9.71. The first-order chi connectivity index (χ1) is 20.1. The Morgan fingerprint density at radius 1 is 1.17 bits per heavy atom. The Balaban J connectivity index is 1.18. The second-order valence-corrected chi connectivity index (χ2v) is 13.4. The fourth-order valence-corrected chi connectivity index (χ4v) is 9.57. The zero-order valence-electron chi connectivity index (χ0n) is 24.1. The van der Waals surface area contributed by atoms with Gasteiger partial charge in [0.25, 0.3) is 0 Å². The van der Waals surface area contributed by atoms with Gasteiger partial charge >= 0.3 is 0 Å². The van der Waals surface area contributed by atoms with Crippen molar-refractivity contribution >= 4 is 11.6 Å². The van der Waals surface area contributed by atoms with Gasteiger partial charge in [0.2, 0.25) is 0 Å². The topological polar surface area (TPSA) is 118 Å². The summed E-state index contributed by atoms with van der Waals surface area (Å²) < 4.78 is 15.3. The van der Waals surface area contributed by atoms with Crippen LogP contribution in [0, 0.1) is 28.6 Å². The summed E-state index contributed by atoms with van der Waals surface area (Å²) in [5, 5.41) is 31.5. The number of hydrogen-bond donors (Lipinski definition) is 3. The molecule has 4 aliphatic carbocycles. The fourth-order valence-electron chi connectivity index (χ4n) is 9.57. The first-order valence-corrected chi connectivity index (χ1v) is 15.1. The van der Waals surface area contributed by atoms with Crippen LogP contribution < -0.4 is 0 Å². The molecule has 0 amide bonds. The molecule has 3 N–H and O–H groups in total. The quantitative estimate of drug-likeness (QED) is 0.483. The van der Waals surface area contributed by atoms with Crippen LogP contribution in [-0.4, -0.2) is 55.9 Å². The van der Waals surface area contributed by atoms with E-state index in [1.165, 1.54) is 0 Å². The average Bonchev–Trinajstić information content (AvgIpc) is 3.65. The predicted octanol–water partition coefficient (Wildman–Crippen LogP) is 3.63. The van der Waals surface area contributed by atoms with Crippen molar-refractivity contribution in [1.82, 2.24) is 4.57 Å². The fraction of sp³-hybridized carbons (Fsp3) is 0.529. The van der Waals surface area contributed by atoms with Gasteiger partial charge in [-0.3, -0.25) is 9.59 Å². The maximum atomic E-state index is 13.7. The molecule has 9 atom stereocenters. The van der Waals surface area contributed by atoms with E-state index in [4.69, 9.17) is 9.47 Å². The highest BCUT2D eigenvalue weighted by molar-refractivity contribution is 6.01. The maximum Gasteiger partial charge on any atom is 0.193 e. The third kappa shape index (κ3) is 3.85. The molecule has 1 aromatic heterocycles. The lowest BCUT2D eigenvalue weighted by atomic mass is 9.46.